The molecule has 1 unspecified atom stereocenters. The molecule has 2 rings (SSSR count). The SMILES string of the molecule is COc1cc(Br)c(CNC(=O)C(N)C2CCOCC2)cc1OC.Cl. The second-order valence-corrected chi connectivity index (χ2v) is 6.35. The van der Waals surface area contributed by atoms with Gasteiger partial charge < -0.3 is 25.3 Å². The lowest BCUT2D eigenvalue weighted by Crippen LogP contribution is -2.46. The lowest BCUT2D eigenvalue weighted by molar-refractivity contribution is -0.124. The molecule has 8 heteroatoms. The number of amides is 1. The van der Waals surface area contributed by atoms with E-state index in [0.717, 1.165) is 22.9 Å². The highest BCUT2D eigenvalue weighted by Crippen LogP contribution is 2.33. The van der Waals surface area contributed by atoms with Crippen LogP contribution in [0.4, 0.5) is 0 Å². The standard InChI is InChI=1S/C16H23BrN2O4.ClH/c1-21-13-7-11(12(17)8-14(13)22-2)9-19-16(20)15(18)10-3-5-23-6-4-10;/h7-8,10,15H,3-6,9,18H2,1-2H3,(H,19,20);1H. The van der Waals surface area contributed by atoms with E-state index in [-0.39, 0.29) is 24.2 Å². The van der Waals surface area contributed by atoms with Crippen LogP contribution >= 0.6 is 28.3 Å². The van der Waals surface area contributed by atoms with Crippen LogP contribution in [0, 0.1) is 5.92 Å². The quantitative estimate of drug-likeness (QED) is 0.733. The van der Waals surface area contributed by atoms with Crippen LogP contribution in [0.25, 0.3) is 0 Å². The Labute approximate surface area is 156 Å². The number of methoxy groups -OCH3 is 2. The van der Waals surface area contributed by atoms with Crippen LogP contribution in [-0.4, -0.2) is 39.4 Å². The van der Waals surface area contributed by atoms with Gasteiger partial charge in [-0.1, -0.05) is 15.9 Å². The van der Waals surface area contributed by atoms with Gasteiger partial charge in [-0.05, 0) is 36.5 Å². The number of nitrogens with one attached hydrogen (secondary N) is 1. The highest BCUT2D eigenvalue weighted by Gasteiger charge is 2.26. The normalized spacial score (nSPS) is 16.0. The van der Waals surface area contributed by atoms with Gasteiger partial charge in [-0.25, -0.2) is 0 Å². The summed E-state index contributed by atoms with van der Waals surface area (Å²) in [6.07, 6.45) is 1.66. The van der Waals surface area contributed by atoms with E-state index < -0.39 is 6.04 Å². The van der Waals surface area contributed by atoms with Gasteiger partial charge in [0.05, 0.1) is 20.3 Å². The fourth-order valence-electron chi connectivity index (χ4n) is 2.62. The van der Waals surface area contributed by atoms with Crippen LogP contribution in [0.2, 0.25) is 0 Å². The first-order valence-corrected chi connectivity index (χ1v) is 8.37. The zero-order chi connectivity index (χ0) is 16.8. The van der Waals surface area contributed by atoms with Crippen LogP contribution in [-0.2, 0) is 16.1 Å². The molecule has 1 aromatic carbocycles. The fraction of sp³-hybridized carbons (Fsp3) is 0.562. The number of halogens is 2. The number of hydrogen-bond acceptors (Lipinski definition) is 5. The third kappa shape index (κ3) is 5.24. The van der Waals surface area contributed by atoms with E-state index in [9.17, 15) is 4.79 Å². The van der Waals surface area contributed by atoms with Crippen molar-refractivity contribution in [3.8, 4) is 11.5 Å². The summed E-state index contributed by atoms with van der Waals surface area (Å²) in [6, 6.07) is 3.15. The molecule has 0 radical (unpaired) electrons. The molecule has 1 aliphatic heterocycles. The molecule has 1 atom stereocenters. The summed E-state index contributed by atoms with van der Waals surface area (Å²) in [5, 5.41) is 2.89. The summed E-state index contributed by atoms with van der Waals surface area (Å²) in [5.41, 5.74) is 6.97. The fourth-order valence-corrected chi connectivity index (χ4v) is 3.08. The molecule has 1 aromatic rings. The highest BCUT2D eigenvalue weighted by molar-refractivity contribution is 9.10. The van der Waals surface area contributed by atoms with Crippen LogP contribution < -0.4 is 20.5 Å². The van der Waals surface area contributed by atoms with Gasteiger partial charge in [0.25, 0.3) is 0 Å². The number of benzene rings is 1. The first-order chi connectivity index (χ1) is 11.1. The van der Waals surface area contributed by atoms with Crippen molar-refractivity contribution in [3.63, 3.8) is 0 Å². The molecular weight excluding hydrogens is 400 g/mol. The Balaban J connectivity index is 0.00000288. The molecule has 0 spiro atoms. The van der Waals surface area contributed by atoms with Crippen molar-refractivity contribution in [3.05, 3.63) is 22.2 Å². The second kappa shape index (κ2) is 10.1. The van der Waals surface area contributed by atoms with E-state index >= 15 is 0 Å². The third-order valence-electron chi connectivity index (χ3n) is 4.08. The van der Waals surface area contributed by atoms with Gasteiger partial charge in [0.1, 0.15) is 0 Å². The van der Waals surface area contributed by atoms with Gasteiger partial charge in [0.15, 0.2) is 11.5 Å². The summed E-state index contributed by atoms with van der Waals surface area (Å²) in [7, 11) is 3.16. The molecule has 0 saturated carbocycles. The monoisotopic (exact) mass is 422 g/mol. The molecule has 1 saturated heterocycles. The first-order valence-electron chi connectivity index (χ1n) is 7.58. The smallest absolute Gasteiger partial charge is 0.237 e. The average molecular weight is 424 g/mol. The Morgan fingerprint density at radius 2 is 1.92 bits per heavy atom. The van der Waals surface area contributed by atoms with Crippen molar-refractivity contribution in [1.29, 1.82) is 0 Å². The summed E-state index contributed by atoms with van der Waals surface area (Å²) in [4.78, 5) is 12.3. The molecular formula is C16H24BrClN2O4. The molecule has 6 nitrogen and oxygen atoms in total. The first kappa shape index (κ1) is 21.0. The molecule has 1 fully saturated rings. The molecule has 1 heterocycles. The lowest BCUT2D eigenvalue weighted by atomic mass is 9.92. The third-order valence-corrected chi connectivity index (χ3v) is 4.82. The largest absolute Gasteiger partial charge is 0.493 e. The number of carbonyl (C=O) groups is 1. The maximum Gasteiger partial charge on any atom is 0.237 e. The van der Waals surface area contributed by atoms with Crippen molar-refractivity contribution in [2.24, 2.45) is 11.7 Å². The Bertz CT molecular complexity index is 553. The maximum absolute atomic E-state index is 12.3. The molecule has 0 aliphatic carbocycles. The molecule has 1 amide bonds. The average Bonchev–Trinajstić information content (AvgIpc) is 2.60. The summed E-state index contributed by atoms with van der Waals surface area (Å²) in [6.45, 7) is 1.72. The van der Waals surface area contributed by atoms with E-state index in [2.05, 4.69) is 21.2 Å². The number of hydrogen-bond donors (Lipinski definition) is 2. The molecule has 1 aliphatic rings. The maximum atomic E-state index is 12.3. The Kier molecular flexibility index (Phi) is 8.83. The van der Waals surface area contributed by atoms with Crippen LogP contribution in [0.1, 0.15) is 18.4 Å². The predicted octanol–water partition coefficient (Wildman–Crippen LogP) is 2.26. The number of rotatable bonds is 6. The molecule has 0 aromatic heterocycles. The Morgan fingerprint density at radius 1 is 1.33 bits per heavy atom. The number of ether oxygens (including phenoxy) is 3. The van der Waals surface area contributed by atoms with Gasteiger partial charge in [-0.15, -0.1) is 12.4 Å². The highest BCUT2D eigenvalue weighted by atomic mass is 79.9. The Hall–Kier alpha value is -1.02. The second-order valence-electron chi connectivity index (χ2n) is 5.49. The minimum Gasteiger partial charge on any atom is -0.493 e. The molecule has 3 N–H and O–H groups in total. The summed E-state index contributed by atoms with van der Waals surface area (Å²) < 4.78 is 16.7. The van der Waals surface area contributed by atoms with E-state index in [4.69, 9.17) is 19.9 Å². The van der Waals surface area contributed by atoms with Crippen LogP contribution in [0.15, 0.2) is 16.6 Å². The van der Waals surface area contributed by atoms with E-state index in [0.29, 0.717) is 31.3 Å². The van der Waals surface area contributed by atoms with Gasteiger partial charge in [0.2, 0.25) is 5.91 Å². The van der Waals surface area contributed by atoms with Crippen molar-refractivity contribution in [2.75, 3.05) is 27.4 Å². The minimum atomic E-state index is -0.502. The van der Waals surface area contributed by atoms with Gasteiger partial charge >= 0.3 is 0 Å². The molecule has 24 heavy (non-hydrogen) atoms. The lowest BCUT2D eigenvalue weighted by Gasteiger charge is -2.26. The number of nitrogens with two attached hydrogens (primary N) is 1. The van der Waals surface area contributed by atoms with E-state index in [1.165, 1.54) is 0 Å². The van der Waals surface area contributed by atoms with Crippen molar-refractivity contribution >= 4 is 34.2 Å². The zero-order valence-electron chi connectivity index (χ0n) is 13.8. The Morgan fingerprint density at radius 3 is 2.50 bits per heavy atom. The predicted molar refractivity (Wildman–Crippen MR) is 97.9 cm³/mol. The molecule has 136 valence electrons. The summed E-state index contributed by atoms with van der Waals surface area (Å²) >= 11 is 3.48. The van der Waals surface area contributed by atoms with Crippen LogP contribution in [0.5, 0.6) is 11.5 Å². The van der Waals surface area contributed by atoms with E-state index in [1.54, 1.807) is 14.2 Å². The zero-order valence-corrected chi connectivity index (χ0v) is 16.2. The van der Waals surface area contributed by atoms with Crippen LogP contribution in [0.3, 0.4) is 0 Å². The van der Waals surface area contributed by atoms with E-state index in [1.807, 2.05) is 12.1 Å². The van der Waals surface area contributed by atoms with Gasteiger partial charge in [-0.3, -0.25) is 4.79 Å². The van der Waals surface area contributed by atoms with Crippen molar-refractivity contribution in [2.45, 2.75) is 25.4 Å². The van der Waals surface area contributed by atoms with Crippen molar-refractivity contribution < 1.29 is 19.0 Å². The van der Waals surface area contributed by atoms with Crippen molar-refractivity contribution in [1.82, 2.24) is 5.32 Å². The summed E-state index contributed by atoms with van der Waals surface area (Å²) in [5.74, 6) is 1.29. The minimum absolute atomic E-state index is 0. The van der Waals surface area contributed by atoms with Gasteiger partial charge in [-0.2, -0.15) is 0 Å². The van der Waals surface area contributed by atoms with Gasteiger partial charge in [0, 0.05) is 24.2 Å². The molecule has 0 bridgehead atoms. The topological polar surface area (TPSA) is 82.8 Å². The number of carbonyl (C=O) groups excluding carboxylic acids is 1.